The number of nitrogens with zero attached hydrogens (tertiary/aromatic N) is 2. The molecule has 6 nitrogen and oxygen atoms in total. The lowest BCUT2D eigenvalue weighted by atomic mass is 9.74. The summed E-state index contributed by atoms with van der Waals surface area (Å²) in [6, 6.07) is 10.1. The standard InChI is InChI=1S/C22H32N2O4/c1-5-27-19(25)22-11-13-23(15-17-9-7-6-8-10-17)16-18(22)24(14-12-22)20(26)28-21(2,3)4/h6-10,18H,5,11-16H2,1-4H3. The highest BCUT2D eigenvalue weighted by Gasteiger charge is 2.57. The zero-order valence-corrected chi connectivity index (χ0v) is 17.4. The summed E-state index contributed by atoms with van der Waals surface area (Å²) >= 11 is 0. The van der Waals surface area contributed by atoms with Crippen molar-refractivity contribution < 1.29 is 19.1 Å². The lowest BCUT2D eigenvalue weighted by molar-refractivity contribution is -0.160. The second-order valence-electron chi connectivity index (χ2n) is 8.79. The minimum absolute atomic E-state index is 0.176. The zero-order chi connectivity index (χ0) is 20.4. The van der Waals surface area contributed by atoms with Crippen molar-refractivity contribution in [3.8, 4) is 0 Å². The summed E-state index contributed by atoms with van der Waals surface area (Å²) in [5.41, 5.74) is 0.0399. The molecule has 2 atom stereocenters. The summed E-state index contributed by atoms with van der Waals surface area (Å²) in [5.74, 6) is -0.176. The first-order valence-electron chi connectivity index (χ1n) is 10.2. The van der Waals surface area contributed by atoms with Crippen molar-refractivity contribution in [3.63, 3.8) is 0 Å². The first-order valence-corrected chi connectivity index (χ1v) is 10.2. The first-order chi connectivity index (χ1) is 13.2. The minimum Gasteiger partial charge on any atom is -0.466 e. The maximum atomic E-state index is 12.9. The second kappa shape index (κ2) is 8.11. The van der Waals surface area contributed by atoms with Crippen molar-refractivity contribution in [2.24, 2.45) is 5.41 Å². The number of ether oxygens (including phenoxy) is 2. The lowest BCUT2D eigenvalue weighted by Crippen LogP contribution is -2.58. The Kier molecular flexibility index (Phi) is 5.98. The van der Waals surface area contributed by atoms with E-state index in [1.54, 1.807) is 4.90 Å². The summed E-state index contributed by atoms with van der Waals surface area (Å²) < 4.78 is 11.1. The average Bonchev–Trinajstić information content (AvgIpc) is 3.02. The van der Waals surface area contributed by atoms with Crippen molar-refractivity contribution in [1.29, 1.82) is 0 Å². The van der Waals surface area contributed by atoms with Gasteiger partial charge in [-0.2, -0.15) is 0 Å². The van der Waals surface area contributed by atoms with Crippen molar-refractivity contribution >= 4 is 12.1 Å². The van der Waals surface area contributed by atoms with Crippen LogP contribution in [-0.2, 0) is 20.8 Å². The van der Waals surface area contributed by atoms with E-state index >= 15 is 0 Å². The maximum absolute atomic E-state index is 12.9. The van der Waals surface area contributed by atoms with E-state index in [9.17, 15) is 9.59 Å². The van der Waals surface area contributed by atoms with Crippen LogP contribution >= 0.6 is 0 Å². The van der Waals surface area contributed by atoms with Crippen LogP contribution in [0.5, 0.6) is 0 Å². The molecule has 1 aromatic carbocycles. The van der Waals surface area contributed by atoms with Crippen LogP contribution in [0.4, 0.5) is 4.79 Å². The van der Waals surface area contributed by atoms with Gasteiger partial charge in [-0.3, -0.25) is 9.69 Å². The largest absolute Gasteiger partial charge is 0.466 e. The van der Waals surface area contributed by atoms with Gasteiger partial charge in [-0.1, -0.05) is 30.3 Å². The number of fused-ring (bicyclic) bond motifs is 1. The molecule has 2 heterocycles. The van der Waals surface area contributed by atoms with Gasteiger partial charge in [0.2, 0.25) is 0 Å². The van der Waals surface area contributed by atoms with Gasteiger partial charge >= 0.3 is 12.1 Å². The van der Waals surface area contributed by atoms with Gasteiger partial charge in [0.05, 0.1) is 18.1 Å². The number of benzene rings is 1. The highest BCUT2D eigenvalue weighted by Crippen LogP contribution is 2.45. The van der Waals surface area contributed by atoms with Gasteiger partial charge < -0.3 is 14.4 Å². The number of esters is 1. The Morgan fingerprint density at radius 3 is 2.46 bits per heavy atom. The molecule has 0 radical (unpaired) electrons. The van der Waals surface area contributed by atoms with Gasteiger partial charge in [0.1, 0.15) is 5.60 Å². The van der Waals surface area contributed by atoms with Crippen LogP contribution in [0.1, 0.15) is 46.1 Å². The Morgan fingerprint density at radius 2 is 1.82 bits per heavy atom. The minimum atomic E-state index is -0.625. The predicted octanol–water partition coefficient (Wildman–Crippen LogP) is 3.45. The van der Waals surface area contributed by atoms with Gasteiger partial charge in [-0.25, -0.2) is 4.79 Å². The predicted molar refractivity (Wildman–Crippen MR) is 107 cm³/mol. The number of rotatable bonds is 4. The van der Waals surface area contributed by atoms with Crippen molar-refractivity contribution in [2.45, 2.75) is 58.7 Å². The third-order valence-electron chi connectivity index (χ3n) is 5.68. The van der Waals surface area contributed by atoms with Crippen LogP contribution in [0.15, 0.2) is 30.3 Å². The highest BCUT2D eigenvalue weighted by atomic mass is 16.6. The molecule has 2 unspecified atom stereocenters. The van der Waals surface area contributed by atoms with Gasteiger partial charge in [-0.05, 0) is 52.6 Å². The van der Waals surface area contributed by atoms with Gasteiger partial charge in [-0.15, -0.1) is 0 Å². The third kappa shape index (κ3) is 4.32. The lowest BCUT2D eigenvalue weighted by Gasteiger charge is -2.44. The fourth-order valence-corrected chi connectivity index (χ4v) is 4.34. The molecule has 1 amide bonds. The molecule has 2 fully saturated rings. The Labute approximate surface area is 167 Å². The first kappa shape index (κ1) is 20.6. The van der Waals surface area contributed by atoms with Crippen molar-refractivity contribution in [3.05, 3.63) is 35.9 Å². The van der Waals surface area contributed by atoms with E-state index in [4.69, 9.17) is 9.47 Å². The number of likely N-dealkylation sites (tertiary alicyclic amines) is 2. The smallest absolute Gasteiger partial charge is 0.410 e. The molecule has 154 valence electrons. The number of piperidine rings is 1. The van der Waals surface area contributed by atoms with E-state index in [1.807, 2.05) is 45.9 Å². The summed E-state index contributed by atoms with van der Waals surface area (Å²) in [4.78, 5) is 29.8. The summed E-state index contributed by atoms with van der Waals surface area (Å²) in [5, 5.41) is 0. The number of carbonyl (C=O) groups excluding carboxylic acids is 2. The van der Waals surface area contributed by atoms with Crippen LogP contribution in [0, 0.1) is 5.41 Å². The number of carbonyl (C=O) groups is 2. The Bertz CT molecular complexity index is 700. The molecule has 28 heavy (non-hydrogen) atoms. The molecule has 0 aromatic heterocycles. The normalized spacial score (nSPS) is 25.3. The van der Waals surface area contributed by atoms with Crippen LogP contribution in [0.3, 0.4) is 0 Å². The second-order valence-corrected chi connectivity index (χ2v) is 8.79. The fourth-order valence-electron chi connectivity index (χ4n) is 4.34. The van der Waals surface area contributed by atoms with Crippen LogP contribution in [0.25, 0.3) is 0 Å². The van der Waals surface area contributed by atoms with E-state index < -0.39 is 11.0 Å². The van der Waals surface area contributed by atoms with Gasteiger partial charge in [0.15, 0.2) is 0 Å². The monoisotopic (exact) mass is 388 g/mol. The van der Waals surface area contributed by atoms with Crippen LogP contribution in [0.2, 0.25) is 0 Å². The number of amides is 1. The van der Waals surface area contributed by atoms with Gasteiger partial charge in [0.25, 0.3) is 0 Å². The number of hydrogen-bond donors (Lipinski definition) is 0. The fraction of sp³-hybridized carbons (Fsp3) is 0.636. The molecular weight excluding hydrogens is 356 g/mol. The highest BCUT2D eigenvalue weighted by molar-refractivity contribution is 5.81. The van der Waals surface area contributed by atoms with Crippen LogP contribution < -0.4 is 0 Å². The Balaban J connectivity index is 1.81. The topological polar surface area (TPSA) is 59.1 Å². The molecular formula is C22H32N2O4. The molecule has 1 aromatic rings. The number of hydrogen-bond acceptors (Lipinski definition) is 5. The van der Waals surface area contributed by atoms with Crippen molar-refractivity contribution in [1.82, 2.24) is 9.80 Å². The van der Waals surface area contributed by atoms with E-state index in [2.05, 4.69) is 17.0 Å². The van der Waals surface area contributed by atoms with Crippen LogP contribution in [-0.4, -0.2) is 59.7 Å². The molecule has 0 bridgehead atoms. The summed E-state index contributed by atoms with van der Waals surface area (Å²) in [6.07, 6.45) is 0.989. The molecule has 2 saturated heterocycles. The molecule has 2 aliphatic heterocycles. The molecule has 0 N–H and O–H groups in total. The van der Waals surface area contributed by atoms with Crippen molar-refractivity contribution in [2.75, 3.05) is 26.2 Å². The summed E-state index contributed by atoms with van der Waals surface area (Å²) in [7, 11) is 0. The Hall–Kier alpha value is -2.08. The van der Waals surface area contributed by atoms with E-state index in [0.29, 0.717) is 32.5 Å². The maximum Gasteiger partial charge on any atom is 0.410 e. The van der Waals surface area contributed by atoms with Gasteiger partial charge in [0, 0.05) is 19.6 Å². The molecule has 0 saturated carbocycles. The quantitative estimate of drug-likeness (QED) is 0.740. The van der Waals surface area contributed by atoms with E-state index in [-0.39, 0.29) is 18.1 Å². The third-order valence-corrected chi connectivity index (χ3v) is 5.68. The molecule has 0 spiro atoms. The molecule has 6 heteroatoms. The summed E-state index contributed by atoms with van der Waals surface area (Å²) in [6.45, 7) is 10.6. The van der Waals surface area contributed by atoms with E-state index in [1.165, 1.54) is 5.56 Å². The van der Waals surface area contributed by atoms with E-state index in [0.717, 1.165) is 13.1 Å². The average molecular weight is 389 g/mol. The molecule has 0 aliphatic carbocycles. The molecule has 2 aliphatic rings. The molecule has 3 rings (SSSR count). The Morgan fingerprint density at radius 1 is 1.14 bits per heavy atom. The SMILES string of the molecule is CCOC(=O)C12CCN(Cc3ccccc3)CC1N(C(=O)OC(C)(C)C)CC2. The zero-order valence-electron chi connectivity index (χ0n) is 17.4.